The molecule has 0 aliphatic rings. The Morgan fingerprint density at radius 2 is 2.10 bits per heavy atom. The molecule has 0 unspecified atom stereocenters. The van der Waals surface area contributed by atoms with Crippen molar-refractivity contribution in [1.29, 1.82) is 0 Å². The second-order valence-corrected chi connectivity index (χ2v) is 4.17. The van der Waals surface area contributed by atoms with Crippen molar-refractivity contribution in [3.63, 3.8) is 0 Å². The summed E-state index contributed by atoms with van der Waals surface area (Å²) in [6.45, 7) is 4.99. The van der Waals surface area contributed by atoms with Gasteiger partial charge in [0.2, 0.25) is 11.9 Å². The molecule has 0 atom stereocenters. The topological polar surface area (TPSA) is 129 Å². The standard InChI is InChI=1S/C10H17N9O/c1-7(2)20-10-15-8(14-9(16-10)17-11)12-3-5-19-6-4-13-18-19/h4,6-7H,3,5,11H2,1-2H3,(H2,12,14,15,16,17). The molecule has 2 rings (SSSR count). The van der Waals surface area contributed by atoms with E-state index in [0.717, 1.165) is 0 Å². The highest BCUT2D eigenvalue weighted by Crippen LogP contribution is 2.11. The van der Waals surface area contributed by atoms with Gasteiger partial charge in [-0.25, -0.2) is 5.84 Å². The molecule has 0 fully saturated rings. The van der Waals surface area contributed by atoms with Crippen LogP contribution in [0.25, 0.3) is 0 Å². The first-order chi connectivity index (χ1) is 9.67. The van der Waals surface area contributed by atoms with Crippen molar-refractivity contribution in [3.05, 3.63) is 12.4 Å². The fourth-order valence-electron chi connectivity index (χ4n) is 1.40. The monoisotopic (exact) mass is 279 g/mol. The predicted octanol–water partition coefficient (Wildman–Crippen LogP) is -0.352. The predicted molar refractivity (Wildman–Crippen MR) is 71.9 cm³/mol. The number of hydrogen-bond acceptors (Lipinski definition) is 9. The van der Waals surface area contributed by atoms with Crippen LogP contribution in [0.5, 0.6) is 6.01 Å². The smallest absolute Gasteiger partial charge is 0.323 e. The molecular weight excluding hydrogens is 262 g/mol. The summed E-state index contributed by atoms with van der Waals surface area (Å²) in [5, 5.41) is 10.6. The van der Waals surface area contributed by atoms with E-state index in [9.17, 15) is 0 Å². The number of anilines is 2. The van der Waals surface area contributed by atoms with E-state index in [-0.39, 0.29) is 18.1 Å². The molecule has 0 amide bonds. The molecule has 0 radical (unpaired) electrons. The molecule has 4 N–H and O–H groups in total. The average Bonchev–Trinajstić information content (AvgIpc) is 2.91. The number of hydrogen-bond donors (Lipinski definition) is 3. The van der Waals surface area contributed by atoms with Crippen molar-refractivity contribution in [2.75, 3.05) is 17.3 Å². The third-order valence-electron chi connectivity index (χ3n) is 2.18. The van der Waals surface area contributed by atoms with Gasteiger partial charge in [-0.05, 0) is 13.8 Å². The second kappa shape index (κ2) is 6.61. The summed E-state index contributed by atoms with van der Waals surface area (Å²) in [6, 6.07) is 0.214. The van der Waals surface area contributed by atoms with Crippen LogP contribution in [0.15, 0.2) is 12.4 Å². The van der Waals surface area contributed by atoms with Crippen LogP contribution >= 0.6 is 0 Å². The van der Waals surface area contributed by atoms with Gasteiger partial charge >= 0.3 is 6.01 Å². The van der Waals surface area contributed by atoms with Crippen molar-refractivity contribution in [1.82, 2.24) is 29.9 Å². The Labute approximate surface area is 115 Å². The summed E-state index contributed by atoms with van der Waals surface area (Å²) in [4.78, 5) is 12.2. The lowest BCUT2D eigenvalue weighted by atomic mass is 10.5. The summed E-state index contributed by atoms with van der Waals surface area (Å²) in [6.07, 6.45) is 3.36. The minimum atomic E-state index is -0.0361. The van der Waals surface area contributed by atoms with Crippen LogP contribution in [0.1, 0.15) is 13.8 Å². The van der Waals surface area contributed by atoms with Gasteiger partial charge in [0.25, 0.3) is 0 Å². The number of nitrogen functional groups attached to an aromatic ring is 1. The van der Waals surface area contributed by atoms with E-state index in [4.69, 9.17) is 10.6 Å². The number of aromatic nitrogens is 6. The summed E-state index contributed by atoms with van der Waals surface area (Å²) < 4.78 is 7.12. The van der Waals surface area contributed by atoms with E-state index in [2.05, 4.69) is 36.0 Å². The highest BCUT2D eigenvalue weighted by atomic mass is 16.5. The molecule has 0 saturated carbocycles. The zero-order valence-electron chi connectivity index (χ0n) is 11.3. The molecule has 0 aliphatic carbocycles. The molecule has 0 aliphatic heterocycles. The molecule has 2 aromatic heterocycles. The number of ether oxygens (including phenoxy) is 1. The molecule has 2 aromatic rings. The molecule has 0 spiro atoms. The van der Waals surface area contributed by atoms with E-state index in [1.807, 2.05) is 13.8 Å². The molecular formula is C10H17N9O. The lowest BCUT2D eigenvalue weighted by Gasteiger charge is -2.11. The van der Waals surface area contributed by atoms with Crippen LogP contribution in [-0.4, -0.2) is 42.6 Å². The number of nitrogens with two attached hydrogens (primary N) is 1. The molecule has 20 heavy (non-hydrogen) atoms. The molecule has 10 heteroatoms. The zero-order valence-corrected chi connectivity index (χ0v) is 11.3. The van der Waals surface area contributed by atoms with Gasteiger partial charge in [0.15, 0.2) is 0 Å². The van der Waals surface area contributed by atoms with E-state index in [0.29, 0.717) is 19.0 Å². The minimum absolute atomic E-state index is 0.0361. The van der Waals surface area contributed by atoms with Crippen LogP contribution in [0, 0.1) is 0 Å². The Morgan fingerprint density at radius 1 is 1.30 bits per heavy atom. The van der Waals surface area contributed by atoms with Gasteiger partial charge in [-0.3, -0.25) is 10.1 Å². The summed E-state index contributed by atoms with van der Waals surface area (Å²) in [5.74, 6) is 5.93. The Balaban J connectivity index is 1.98. The minimum Gasteiger partial charge on any atom is -0.461 e. The second-order valence-electron chi connectivity index (χ2n) is 4.17. The van der Waals surface area contributed by atoms with Gasteiger partial charge in [0.1, 0.15) is 0 Å². The Hall–Kier alpha value is -2.49. The van der Waals surface area contributed by atoms with Gasteiger partial charge in [-0.2, -0.15) is 15.0 Å². The SMILES string of the molecule is CC(C)Oc1nc(NN)nc(NCCn2ccnn2)n1. The molecule has 2 heterocycles. The van der Waals surface area contributed by atoms with Crippen molar-refractivity contribution in [3.8, 4) is 6.01 Å². The lowest BCUT2D eigenvalue weighted by Crippen LogP contribution is -2.18. The van der Waals surface area contributed by atoms with Crippen molar-refractivity contribution in [2.24, 2.45) is 5.84 Å². The van der Waals surface area contributed by atoms with Crippen LogP contribution in [-0.2, 0) is 6.54 Å². The highest BCUT2D eigenvalue weighted by Gasteiger charge is 2.08. The molecule has 0 bridgehead atoms. The van der Waals surface area contributed by atoms with Gasteiger partial charge < -0.3 is 10.1 Å². The van der Waals surface area contributed by atoms with Crippen LogP contribution in [0.4, 0.5) is 11.9 Å². The third-order valence-corrected chi connectivity index (χ3v) is 2.18. The first-order valence-corrected chi connectivity index (χ1v) is 6.14. The van der Waals surface area contributed by atoms with Gasteiger partial charge in [-0.1, -0.05) is 5.21 Å². The van der Waals surface area contributed by atoms with Crippen LogP contribution in [0.3, 0.4) is 0 Å². The van der Waals surface area contributed by atoms with Crippen LogP contribution < -0.4 is 21.3 Å². The maximum atomic E-state index is 5.42. The molecule has 0 saturated heterocycles. The Morgan fingerprint density at radius 3 is 2.75 bits per heavy atom. The zero-order chi connectivity index (χ0) is 14.4. The normalized spacial score (nSPS) is 10.6. The largest absolute Gasteiger partial charge is 0.461 e. The summed E-state index contributed by atoms with van der Waals surface area (Å²) >= 11 is 0. The number of nitrogens with one attached hydrogen (secondary N) is 2. The Bertz CT molecular complexity index is 528. The maximum Gasteiger partial charge on any atom is 0.323 e. The fourth-order valence-corrected chi connectivity index (χ4v) is 1.40. The van der Waals surface area contributed by atoms with E-state index in [1.54, 1.807) is 17.1 Å². The summed E-state index contributed by atoms with van der Waals surface area (Å²) in [5.41, 5.74) is 2.38. The van der Waals surface area contributed by atoms with Crippen molar-refractivity contribution < 1.29 is 4.74 Å². The van der Waals surface area contributed by atoms with Gasteiger partial charge in [0, 0.05) is 12.7 Å². The quantitative estimate of drug-likeness (QED) is 0.460. The third kappa shape index (κ3) is 4.02. The molecule has 0 aromatic carbocycles. The fraction of sp³-hybridized carbons (Fsp3) is 0.500. The van der Waals surface area contributed by atoms with Gasteiger partial charge in [-0.15, -0.1) is 5.10 Å². The first kappa shape index (κ1) is 13.9. The number of rotatable bonds is 7. The maximum absolute atomic E-state index is 5.42. The first-order valence-electron chi connectivity index (χ1n) is 6.14. The average molecular weight is 279 g/mol. The van der Waals surface area contributed by atoms with E-state index < -0.39 is 0 Å². The number of nitrogens with zero attached hydrogens (tertiary/aromatic N) is 6. The van der Waals surface area contributed by atoms with Gasteiger partial charge in [0.05, 0.1) is 18.8 Å². The number of hydrazine groups is 1. The summed E-state index contributed by atoms with van der Waals surface area (Å²) in [7, 11) is 0. The lowest BCUT2D eigenvalue weighted by molar-refractivity contribution is 0.222. The highest BCUT2D eigenvalue weighted by molar-refractivity contribution is 5.34. The van der Waals surface area contributed by atoms with Crippen molar-refractivity contribution in [2.45, 2.75) is 26.5 Å². The van der Waals surface area contributed by atoms with Crippen molar-refractivity contribution >= 4 is 11.9 Å². The molecule has 10 nitrogen and oxygen atoms in total. The van der Waals surface area contributed by atoms with E-state index in [1.165, 1.54) is 0 Å². The molecule has 108 valence electrons. The van der Waals surface area contributed by atoms with E-state index >= 15 is 0 Å². The Kier molecular flexibility index (Phi) is 4.60. The van der Waals surface area contributed by atoms with Crippen LogP contribution in [0.2, 0.25) is 0 Å².